The normalized spacial score (nSPS) is 12.9. The van der Waals surface area contributed by atoms with Crippen LogP contribution in [0, 0.1) is 12.7 Å². The molecule has 3 aromatic rings. The van der Waals surface area contributed by atoms with Gasteiger partial charge in [-0.3, -0.25) is 14.5 Å². The lowest BCUT2D eigenvalue weighted by Gasteiger charge is -2.19. The predicted octanol–water partition coefficient (Wildman–Crippen LogP) is 2.92. The van der Waals surface area contributed by atoms with Crippen LogP contribution in [0.15, 0.2) is 10.9 Å². The molecule has 0 aromatic carbocycles. The van der Waals surface area contributed by atoms with Crippen molar-refractivity contribution in [3.05, 3.63) is 45.1 Å². The molecule has 19 heteroatoms. The Morgan fingerprint density at radius 2 is 1.87 bits per heavy atom. The van der Waals surface area contributed by atoms with Crippen molar-refractivity contribution in [2.75, 3.05) is 5.32 Å². The highest BCUT2D eigenvalue weighted by Crippen LogP contribution is 2.35. The van der Waals surface area contributed by atoms with Crippen molar-refractivity contribution in [2.24, 2.45) is 0 Å². The Morgan fingerprint density at radius 1 is 1.24 bits per heavy atom. The van der Waals surface area contributed by atoms with Gasteiger partial charge in [-0.25, -0.2) is 14.0 Å². The van der Waals surface area contributed by atoms with Crippen LogP contribution < -0.4 is 15.7 Å². The molecular formula is C19H16F7N7O5. The van der Waals surface area contributed by atoms with E-state index in [1.165, 1.54) is 6.92 Å². The first-order valence-electron chi connectivity index (χ1n) is 10.3. The fraction of sp³-hybridized carbons (Fsp3) is 0.368. The molecule has 1 amide bonds. The van der Waals surface area contributed by atoms with Crippen LogP contribution in [0.2, 0.25) is 0 Å². The molecule has 3 N–H and O–H groups in total. The number of aryl methyl sites for hydroxylation is 1. The van der Waals surface area contributed by atoms with Crippen LogP contribution in [-0.2, 0) is 12.7 Å². The van der Waals surface area contributed by atoms with Gasteiger partial charge in [-0.1, -0.05) is 0 Å². The highest BCUT2D eigenvalue weighted by molar-refractivity contribution is 6.06. The minimum absolute atomic E-state index is 0.122. The van der Waals surface area contributed by atoms with Gasteiger partial charge >= 0.3 is 24.0 Å². The largest absolute Gasteiger partial charge is 0.475 e. The topological polar surface area (TPSA) is 157 Å². The molecule has 12 nitrogen and oxygen atoms in total. The number of ether oxygens (including phenoxy) is 1. The number of halogens is 7. The summed E-state index contributed by atoms with van der Waals surface area (Å²) in [7, 11) is 0. The van der Waals surface area contributed by atoms with Crippen LogP contribution in [0.5, 0.6) is 5.88 Å². The lowest BCUT2D eigenvalue weighted by molar-refractivity contribution is -0.190. The number of hydrogen-bond acceptors (Lipinski definition) is 7. The van der Waals surface area contributed by atoms with Gasteiger partial charge in [0.05, 0.1) is 11.4 Å². The van der Waals surface area contributed by atoms with Crippen molar-refractivity contribution >= 4 is 17.6 Å². The summed E-state index contributed by atoms with van der Waals surface area (Å²) in [5, 5.41) is 19.4. The molecule has 0 aliphatic heterocycles. The van der Waals surface area contributed by atoms with Gasteiger partial charge in [0.2, 0.25) is 11.7 Å². The first-order chi connectivity index (χ1) is 17.5. The fourth-order valence-corrected chi connectivity index (χ4v) is 3.05. The predicted molar refractivity (Wildman–Crippen MR) is 111 cm³/mol. The van der Waals surface area contributed by atoms with Crippen molar-refractivity contribution in [3.8, 4) is 11.7 Å². The van der Waals surface area contributed by atoms with Gasteiger partial charge in [-0.15, -0.1) is 5.10 Å². The fourth-order valence-electron chi connectivity index (χ4n) is 3.05. The van der Waals surface area contributed by atoms with Crippen molar-refractivity contribution in [2.45, 2.75) is 45.8 Å². The van der Waals surface area contributed by atoms with Crippen molar-refractivity contribution in [1.82, 2.24) is 29.5 Å². The number of aromatic nitrogens is 6. The van der Waals surface area contributed by atoms with Crippen LogP contribution in [-0.4, -0.2) is 58.8 Å². The average molecular weight is 555 g/mol. The quantitative estimate of drug-likeness (QED) is 0.376. The van der Waals surface area contributed by atoms with E-state index in [1.807, 2.05) is 0 Å². The van der Waals surface area contributed by atoms with E-state index >= 15 is 4.39 Å². The van der Waals surface area contributed by atoms with Crippen LogP contribution in [0.1, 0.15) is 46.2 Å². The molecule has 1 unspecified atom stereocenters. The third kappa shape index (κ3) is 5.30. The first kappa shape index (κ1) is 28.1. The number of carboxylic acids is 1. The van der Waals surface area contributed by atoms with E-state index in [9.17, 15) is 45.8 Å². The Labute approximate surface area is 206 Å². The van der Waals surface area contributed by atoms with Gasteiger partial charge in [0.1, 0.15) is 5.56 Å². The number of nitrogens with zero attached hydrogens (tertiary/aromatic N) is 5. The molecule has 1 atom stereocenters. The second kappa shape index (κ2) is 9.78. The molecule has 3 aromatic heterocycles. The summed E-state index contributed by atoms with van der Waals surface area (Å²) in [4.78, 5) is 40.2. The molecule has 0 saturated heterocycles. The third-order valence-corrected chi connectivity index (χ3v) is 4.96. The van der Waals surface area contributed by atoms with Gasteiger partial charge in [0, 0.05) is 6.54 Å². The molecule has 0 fully saturated rings. The van der Waals surface area contributed by atoms with Crippen LogP contribution >= 0.6 is 0 Å². The van der Waals surface area contributed by atoms with Gasteiger partial charge in [0.15, 0.2) is 23.4 Å². The molecule has 206 valence electrons. The van der Waals surface area contributed by atoms with Crippen molar-refractivity contribution in [1.29, 1.82) is 0 Å². The third-order valence-electron chi connectivity index (χ3n) is 4.96. The number of hydrogen-bond donors (Lipinski definition) is 3. The number of aromatic carboxylic acids is 1. The number of amides is 1. The van der Waals surface area contributed by atoms with E-state index in [0.717, 1.165) is 6.92 Å². The number of rotatable bonds is 7. The SMILES string of the molecule is CCn1c(C(=O)O)nn(-c2nc(OC(C)C(F)(F)F)c(C(=O)Nc3c(C)n[nH]c3C(F)(F)F)cc2F)c1=O. The number of H-pyrrole nitrogens is 1. The van der Waals surface area contributed by atoms with E-state index < -0.39 is 76.3 Å². The molecule has 3 rings (SSSR count). The summed E-state index contributed by atoms with van der Waals surface area (Å²) < 4.78 is 99.6. The summed E-state index contributed by atoms with van der Waals surface area (Å²) >= 11 is 0. The van der Waals surface area contributed by atoms with Gasteiger partial charge in [-0.05, 0) is 26.8 Å². The number of anilines is 1. The van der Waals surface area contributed by atoms with E-state index in [-0.39, 0.29) is 23.0 Å². The first-order valence-corrected chi connectivity index (χ1v) is 10.3. The van der Waals surface area contributed by atoms with E-state index in [2.05, 4.69) is 19.9 Å². The van der Waals surface area contributed by atoms with Crippen molar-refractivity contribution < 1.29 is 50.2 Å². The van der Waals surface area contributed by atoms with Gasteiger partial charge < -0.3 is 15.2 Å². The van der Waals surface area contributed by atoms with E-state index in [4.69, 9.17) is 0 Å². The summed E-state index contributed by atoms with van der Waals surface area (Å²) in [5.41, 5.74) is -5.09. The maximum Gasteiger partial charge on any atom is 0.434 e. The van der Waals surface area contributed by atoms with Crippen LogP contribution in [0.4, 0.5) is 36.4 Å². The summed E-state index contributed by atoms with van der Waals surface area (Å²) in [6.07, 6.45) is -12.7. The zero-order chi connectivity index (χ0) is 28.7. The minimum Gasteiger partial charge on any atom is -0.475 e. The van der Waals surface area contributed by atoms with Crippen LogP contribution in [0.25, 0.3) is 5.82 Å². The Kier molecular flexibility index (Phi) is 7.24. The van der Waals surface area contributed by atoms with Gasteiger partial charge in [0.25, 0.3) is 5.91 Å². The maximum atomic E-state index is 15.0. The Balaban J connectivity index is 2.18. The molecule has 0 aliphatic rings. The van der Waals surface area contributed by atoms with Crippen molar-refractivity contribution in [3.63, 3.8) is 0 Å². The van der Waals surface area contributed by atoms with E-state index in [1.54, 1.807) is 10.4 Å². The molecule has 0 saturated carbocycles. The smallest absolute Gasteiger partial charge is 0.434 e. The second-order valence-electron chi connectivity index (χ2n) is 7.53. The average Bonchev–Trinajstić information content (AvgIpc) is 3.33. The molecule has 0 aliphatic carbocycles. The highest BCUT2D eigenvalue weighted by atomic mass is 19.4. The highest BCUT2D eigenvalue weighted by Gasteiger charge is 2.40. The number of carbonyl (C=O) groups is 2. The Morgan fingerprint density at radius 3 is 2.37 bits per heavy atom. The number of alkyl halides is 6. The van der Waals surface area contributed by atoms with Gasteiger partial charge in [-0.2, -0.15) is 41.1 Å². The molecule has 0 spiro atoms. The lowest BCUT2D eigenvalue weighted by Crippen LogP contribution is -2.33. The number of aromatic amines is 1. The Bertz CT molecular complexity index is 1460. The molecule has 38 heavy (non-hydrogen) atoms. The molecule has 0 radical (unpaired) electrons. The van der Waals surface area contributed by atoms with E-state index in [0.29, 0.717) is 11.5 Å². The number of nitrogens with one attached hydrogen (secondary N) is 2. The monoisotopic (exact) mass is 555 g/mol. The van der Waals surface area contributed by atoms with Crippen LogP contribution in [0.3, 0.4) is 0 Å². The minimum atomic E-state index is -5.04. The maximum absolute atomic E-state index is 15.0. The molecule has 3 heterocycles. The summed E-state index contributed by atoms with van der Waals surface area (Å²) in [5.74, 6) is -8.07. The second-order valence-corrected chi connectivity index (χ2v) is 7.53. The standard InChI is InChI=1S/C19H16F7N7O5/c1-4-32-13(16(35)36)31-33(17(32)37)12-9(20)5-8(15(28-12)38-7(3)18(21,22)23)14(34)27-10-6(2)29-30-11(10)19(24,25)26/h5,7H,4H2,1-3H3,(H,27,34)(H,29,30)(H,35,36). The zero-order valence-corrected chi connectivity index (χ0v) is 19.3. The molecule has 0 bridgehead atoms. The molecular weight excluding hydrogens is 539 g/mol. The zero-order valence-electron chi connectivity index (χ0n) is 19.3. The Hall–Kier alpha value is -4.45. The number of carboxylic acid groups (broad SMARTS) is 1. The summed E-state index contributed by atoms with van der Waals surface area (Å²) in [6, 6.07) is 0.247. The number of carbonyl (C=O) groups excluding carboxylic acids is 1. The number of pyridine rings is 1. The lowest BCUT2D eigenvalue weighted by atomic mass is 10.2. The summed E-state index contributed by atoms with van der Waals surface area (Å²) in [6.45, 7) is 2.67.